The van der Waals surface area contributed by atoms with Crippen molar-refractivity contribution < 1.29 is 5.11 Å². The predicted molar refractivity (Wildman–Crippen MR) is 65.4 cm³/mol. The lowest BCUT2D eigenvalue weighted by molar-refractivity contribution is 0.188. The maximum Gasteiger partial charge on any atom is 0.0662 e. The van der Waals surface area contributed by atoms with Crippen molar-refractivity contribution in [2.45, 2.75) is 49.4 Å². The Hall–Kier alpha value is -0.470. The summed E-state index contributed by atoms with van der Waals surface area (Å²) >= 11 is 1.84. The molecular formula is C13H18OS. The van der Waals surface area contributed by atoms with Gasteiger partial charge in [-0.3, -0.25) is 0 Å². The van der Waals surface area contributed by atoms with Gasteiger partial charge in [0.15, 0.2) is 0 Å². The Bertz CT molecular complexity index is 348. The van der Waals surface area contributed by atoms with Gasteiger partial charge in [-0.05, 0) is 44.7 Å². The molecule has 82 valence electrons. The Balaban J connectivity index is 2.10. The van der Waals surface area contributed by atoms with E-state index in [0.29, 0.717) is 5.25 Å². The van der Waals surface area contributed by atoms with E-state index in [4.69, 9.17) is 0 Å². The fourth-order valence-electron chi connectivity index (χ4n) is 2.14. The maximum atomic E-state index is 9.77. The van der Waals surface area contributed by atoms with Crippen LogP contribution in [0.4, 0.5) is 0 Å². The van der Waals surface area contributed by atoms with Gasteiger partial charge < -0.3 is 5.11 Å². The van der Waals surface area contributed by atoms with Crippen LogP contribution in [0.15, 0.2) is 23.1 Å². The number of rotatable bonds is 2. The summed E-state index contributed by atoms with van der Waals surface area (Å²) in [6.45, 7) is 4.27. The first-order valence-electron chi connectivity index (χ1n) is 5.59. The van der Waals surface area contributed by atoms with Crippen molar-refractivity contribution in [3.05, 3.63) is 29.3 Å². The number of hydrogen-bond donors (Lipinski definition) is 1. The molecule has 1 aliphatic rings. The van der Waals surface area contributed by atoms with Gasteiger partial charge in [-0.25, -0.2) is 0 Å². The van der Waals surface area contributed by atoms with Gasteiger partial charge >= 0.3 is 0 Å². The van der Waals surface area contributed by atoms with E-state index < -0.39 is 0 Å². The first kappa shape index (κ1) is 11.0. The predicted octanol–water partition coefficient (Wildman–Crippen LogP) is 3.31. The third kappa shape index (κ3) is 2.56. The highest BCUT2D eigenvalue weighted by Crippen LogP contribution is 2.36. The van der Waals surface area contributed by atoms with E-state index in [1.54, 1.807) is 0 Å². The number of aliphatic hydroxyl groups is 1. The zero-order valence-electron chi connectivity index (χ0n) is 9.36. The maximum absolute atomic E-state index is 9.77. The van der Waals surface area contributed by atoms with E-state index >= 15 is 0 Å². The molecule has 0 saturated heterocycles. The Morgan fingerprint density at radius 1 is 1.27 bits per heavy atom. The molecule has 0 amide bonds. The first-order valence-corrected chi connectivity index (χ1v) is 6.47. The van der Waals surface area contributed by atoms with Crippen LogP contribution >= 0.6 is 11.8 Å². The summed E-state index contributed by atoms with van der Waals surface area (Å²) in [5.74, 6) is 0. The molecule has 1 saturated carbocycles. The Kier molecular flexibility index (Phi) is 3.37. The van der Waals surface area contributed by atoms with E-state index in [2.05, 4.69) is 32.0 Å². The molecule has 2 atom stereocenters. The monoisotopic (exact) mass is 222 g/mol. The molecule has 1 aromatic rings. The molecule has 15 heavy (non-hydrogen) atoms. The van der Waals surface area contributed by atoms with Crippen molar-refractivity contribution >= 4 is 11.8 Å². The van der Waals surface area contributed by atoms with Crippen LogP contribution in [-0.4, -0.2) is 16.5 Å². The van der Waals surface area contributed by atoms with Crippen LogP contribution in [0.2, 0.25) is 0 Å². The molecule has 0 unspecified atom stereocenters. The van der Waals surface area contributed by atoms with Crippen LogP contribution in [0.3, 0.4) is 0 Å². The highest BCUT2D eigenvalue weighted by atomic mass is 32.2. The molecule has 0 spiro atoms. The minimum Gasteiger partial charge on any atom is -0.392 e. The average Bonchev–Trinajstić information content (AvgIpc) is 2.57. The summed E-state index contributed by atoms with van der Waals surface area (Å²) in [4.78, 5) is 1.33. The molecule has 1 N–H and O–H groups in total. The normalized spacial score (nSPS) is 25.8. The molecule has 2 heteroatoms. The Labute approximate surface area is 95.9 Å². The molecule has 0 bridgehead atoms. The van der Waals surface area contributed by atoms with Crippen LogP contribution in [0.25, 0.3) is 0 Å². The fourth-order valence-corrected chi connectivity index (χ4v) is 3.43. The van der Waals surface area contributed by atoms with Gasteiger partial charge in [0.05, 0.1) is 6.10 Å². The van der Waals surface area contributed by atoms with Gasteiger partial charge in [0.1, 0.15) is 0 Å². The smallest absolute Gasteiger partial charge is 0.0662 e. The number of benzene rings is 1. The van der Waals surface area contributed by atoms with Crippen molar-refractivity contribution in [3.63, 3.8) is 0 Å². The summed E-state index contributed by atoms with van der Waals surface area (Å²) in [6.07, 6.45) is 3.20. The first-order chi connectivity index (χ1) is 7.16. The molecule has 0 radical (unpaired) electrons. The lowest BCUT2D eigenvalue weighted by atomic mass is 10.2. The van der Waals surface area contributed by atoms with E-state index in [0.717, 1.165) is 12.8 Å². The Morgan fingerprint density at radius 2 is 2.07 bits per heavy atom. The van der Waals surface area contributed by atoms with Crippen LogP contribution in [0, 0.1) is 13.8 Å². The minimum atomic E-state index is -0.101. The third-order valence-electron chi connectivity index (χ3n) is 3.03. The van der Waals surface area contributed by atoms with Crippen LogP contribution in [-0.2, 0) is 0 Å². The van der Waals surface area contributed by atoms with Gasteiger partial charge in [0, 0.05) is 10.1 Å². The molecule has 1 aliphatic carbocycles. The van der Waals surface area contributed by atoms with E-state index in [1.165, 1.54) is 22.4 Å². The summed E-state index contributed by atoms with van der Waals surface area (Å²) in [6, 6.07) is 6.54. The van der Waals surface area contributed by atoms with Crippen molar-refractivity contribution in [1.29, 1.82) is 0 Å². The quantitative estimate of drug-likeness (QED) is 0.828. The summed E-state index contributed by atoms with van der Waals surface area (Å²) < 4.78 is 0. The van der Waals surface area contributed by atoms with Crippen molar-refractivity contribution in [3.8, 4) is 0 Å². The second-order valence-corrected chi connectivity index (χ2v) is 5.70. The minimum absolute atomic E-state index is 0.101. The average molecular weight is 222 g/mol. The van der Waals surface area contributed by atoms with Crippen LogP contribution < -0.4 is 0 Å². The van der Waals surface area contributed by atoms with Gasteiger partial charge in [0.25, 0.3) is 0 Å². The van der Waals surface area contributed by atoms with Crippen LogP contribution in [0.5, 0.6) is 0 Å². The van der Waals surface area contributed by atoms with Crippen molar-refractivity contribution in [1.82, 2.24) is 0 Å². The molecule has 0 heterocycles. The third-order valence-corrected chi connectivity index (χ3v) is 4.59. The van der Waals surface area contributed by atoms with Gasteiger partial charge in [-0.15, -0.1) is 11.8 Å². The van der Waals surface area contributed by atoms with Gasteiger partial charge in [-0.2, -0.15) is 0 Å². The zero-order chi connectivity index (χ0) is 10.8. The molecule has 1 fully saturated rings. The summed E-state index contributed by atoms with van der Waals surface area (Å²) in [7, 11) is 0. The largest absolute Gasteiger partial charge is 0.392 e. The topological polar surface area (TPSA) is 20.2 Å². The molecule has 1 nitrogen and oxygen atoms in total. The van der Waals surface area contributed by atoms with Gasteiger partial charge in [-0.1, -0.05) is 17.7 Å². The Morgan fingerprint density at radius 3 is 2.67 bits per heavy atom. The van der Waals surface area contributed by atoms with Crippen molar-refractivity contribution in [2.24, 2.45) is 0 Å². The standard InChI is InChI=1S/C13H18OS/c1-9-6-7-12(10(2)8-9)15-13-5-3-4-11(13)14/h6-8,11,13-14H,3-5H2,1-2H3/t11-,13-/m1/s1. The highest BCUT2D eigenvalue weighted by Gasteiger charge is 2.26. The lowest BCUT2D eigenvalue weighted by Gasteiger charge is -2.15. The fraction of sp³-hybridized carbons (Fsp3) is 0.538. The molecular weight excluding hydrogens is 204 g/mol. The number of aryl methyl sites for hydroxylation is 2. The molecule has 0 aromatic heterocycles. The van der Waals surface area contributed by atoms with E-state index in [-0.39, 0.29) is 6.10 Å². The molecule has 0 aliphatic heterocycles. The lowest BCUT2D eigenvalue weighted by Crippen LogP contribution is -2.15. The second kappa shape index (κ2) is 4.58. The zero-order valence-corrected chi connectivity index (χ0v) is 10.2. The summed E-state index contributed by atoms with van der Waals surface area (Å²) in [5, 5.41) is 10.2. The SMILES string of the molecule is Cc1ccc(S[C@@H]2CCC[C@H]2O)c(C)c1. The number of aliphatic hydroxyl groups excluding tert-OH is 1. The van der Waals surface area contributed by atoms with E-state index in [1.807, 2.05) is 11.8 Å². The molecule has 2 rings (SSSR count). The number of thioether (sulfide) groups is 1. The second-order valence-electron chi connectivity index (χ2n) is 4.42. The van der Waals surface area contributed by atoms with Gasteiger partial charge in [0.2, 0.25) is 0 Å². The number of hydrogen-bond acceptors (Lipinski definition) is 2. The van der Waals surface area contributed by atoms with Crippen LogP contribution in [0.1, 0.15) is 30.4 Å². The van der Waals surface area contributed by atoms with E-state index in [9.17, 15) is 5.11 Å². The summed E-state index contributed by atoms with van der Waals surface area (Å²) in [5.41, 5.74) is 2.64. The van der Waals surface area contributed by atoms with Crippen molar-refractivity contribution in [2.75, 3.05) is 0 Å². The highest BCUT2D eigenvalue weighted by molar-refractivity contribution is 8.00. The molecule has 1 aromatic carbocycles.